The number of aliphatic carboxylic acids is 1. The van der Waals surface area contributed by atoms with E-state index in [-0.39, 0.29) is 18.2 Å². The molecule has 224 valence electrons. The first kappa shape index (κ1) is 31.0. The number of nitrogens with zero attached hydrogens (tertiary/aromatic N) is 2. The Morgan fingerprint density at radius 3 is 2.73 bits per heavy atom. The molecule has 10 heteroatoms. The SMILES string of the molecule is COc1cc(C(CC(=O)O)CC2CCN(C(=O)CCc3ccc4c(n3)NCCC4)CC2)ccc1OCCOCCS. The van der Waals surface area contributed by atoms with Crippen LogP contribution in [-0.4, -0.2) is 79.2 Å². The van der Waals surface area contributed by atoms with Crippen LogP contribution < -0.4 is 14.8 Å². The Bertz CT molecular complexity index is 1150. The quantitative estimate of drug-likeness (QED) is 0.206. The molecule has 1 unspecified atom stereocenters. The Labute approximate surface area is 248 Å². The fourth-order valence-electron chi connectivity index (χ4n) is 5.70. The van der Waals surface area contributed by atoms with Crippen molar-refractivity contribution in [3.63, 3.8) is 0 Å². The van der Waals surface area contributed by atoms with E-state index in [2.05, 4.69) is 24.0 Å². The van der Waals surface area contributed by atoms with Gasteiger partial charge in [0.1, 0.15) is 12.4 Å². The average molecular weight is 586 g/mol. The van der Waals surface area contributed by atoms with Crippen LogP contribution in [0.25, 0.3) is 0 Å². The van der Waals surface area contributed by atoms with Crippen LogP contribution in [0.4, 0.5) is 5.82 Å². The van der Waals surface area contributed by atoms with Crippen molar-refractivity contribution in [2.24, 2.45) is 5.92 Å². The van der Waals surface area contributed by atoms with Crippen LogP contribution in [0.1, 0.15) is 61.3 Å². The normalized spacial score (nSPS) is 16.0. The van der Waals surface area contributed by atoms with Gasteiger partial charge >= 0.3 is 5.97 Å². The summed E-state index contributed by atoms with van der Waals surface area (Å²) in [5.74, 6) is 2.35. The molecular formula is C31H43N3O6S. The molecule has 1 saturated heterocycles. The summed E-state index contributed by atoms with van der Waals surface area (Å²) in [4.78, 5) is 31.4. The highest BCUT2D eigenvalue weighted by atomic mass is 32.1. The molecule has 1 aromatic carbocycles. The number of hydrogen-bond acceptors (Lipinski definition) is 8. The van der Waals surface area contributed by atoms with Crippen molar-refractivity contribution in [1.82, 2.24) is 9.88 Å². The van der Waals surface area contributed by atoms with Gasteiger partial charge in [0.05, 0.1) is 26.7 Å². The molecule has 2 aromatic rings. The van der Waals surface area contributed by atoms with E-state index in [0.29, 0.717) is 68.9 Å². The number of likely N-dealkylation sites (tertiary alicyclic amines) is 1. The van der Waals surface area contributed by atoms with Gasteiger partial charge in [-0.15, -0.1) is 0 Å². The number of piperidine rings is 1. The highest BCUT2D eigenvalue weighted by molar-refractivity contribution is 7.80. The number of ether oxygens (including phenoxy) is 3. The zero-order chi connectivity index (χ0) is 29.0. The fourth-order valence-corrected chi connectivity index (χ4v) is 5.83. The molecule has 1 amide bonds. The number of methoxy groups -OCH3 is 1. The number of aryl methyl sites for hydroxylation is 2. The van der Waals surface area contributed by atoms with Crippen LogP contribution in [0.15, 0.2) is 30.3 Å². The van der Waals surface area contributed by atoms with E-state index in [1.807, 2.05) is 29.2 Å². The summed E-state index contributed by atoms with van der Waals surface area (Å²) in [6, 6.07) is 9.84. The largest absolute Gasteiger partial charge is 0.493 e. The van der Waals surface area contributed by atoms with E-state index in [0.717, 1.165) is 55.7 Å². The third kappa shape index (κ3) is 9.26. The first-order valence-electron chi connectivity index (χ1n) is 14.7. The number of rotatable bonds is 15. The van der Waals surface area contributed by atoms with E-state index >= 15 is 0 Å². The van der Waals surface area contributed by atoms with Gasteiger partial charge in [0.2, 0.25) is 5.91 Å². The number of hydrogen-bond donors (Lipinski definition) is 3. The summed E-state index contributed by atoms with van der Waals surface area (Å²) in [7, 11) is 1.58. The second-order valence-corrected chi connectivity index (χ2v) is 11.2. The van der Waals surface area contributed by atoms with Crippen molar-refractivity contribution < 1.29 is 28.9 Å². The summed E-state index contributed by atoms with van der Waals surface area (Å²) >= 11 is 4.12. The zero-order valence-corrected chi connectivity index (χ0v) is 24.9. The summed E-state index contributed by atoms with van der Waals surface area (Å²) in [6.07, 6.45) is 5.80. The number of carboxylic acid groups (broad SMARTS) is 1. The molecule has 0 bridgehead atoms. The molecule has 0 saturated carbocycles. The lowest BCUT2D eigenvalue weighted by Gasteiger charge is -2.34. The second-order valence-electron chi connectivity index (χ2n) is 10.8. The van der Waals surface area contributed by atoms with Gasteiger partial charge in [-0.2, -0.15) is 12.6 Å². The number of carbonyl (C=O) groups excluding carboxylic acids is 1. The number of pyridine rings is 1. The Morgan fingerprint density at radius 1 is 1.15 bits per heavy atom. The Kier molecular flexibility index (Phi) is 12.0. The van der Waals surface area contributed by atoms with Gasteiger partial charge in [-0.05, 0) is 79.7 Å². The van der Waals surface area contributed by atoms with E-state index in [1.54, 1.807) is 7.11 Å². The van der Waals surface area contributed by atoms with Crippen molar-refractivity contribution in [2.75, 3.05) is 57.6 Å². The first-order valence-corrected chi connectivity index (χ1v) is 15.3. The Balaban J connectivity index is 1.28. The summed E-state index contributed by atoms with van der Waals surface area (Å²) in [5, 5.41) is 13.0. The van der Waals surface area contributed by atoms with Gasteiger partial charge in [0, 0.05) is 37.5 Å². The topological polar surface area (TPSA) is 110 Å². The average Bonchev–Trinajstić information content (AvgIpc) is 2.99. The van der Waals surface area contributed by atoms with Crippen molar-refractivity contribution in [3.8, 4) is 11.5 Å². The van der Waals surface area contributed by atoms with Crippen LogP contribution in [0, 0.1) is 5.92 Å². The number of carbonyl (C=O) groups is 2. The predicted octanol–water partition coefficient (Wildman–Crippen LogP) is 4.59. The molecule has 41 heavy (non-hydrogen) atoms. The molecular weight excluding hydrogens is 542 g/mol. The molecule has 2 N–H and O–H groups in total. The van der Waals surface area contributed by atoms with Gasteiger partial charge in [0.15, 0.2) is 11.5 Å². The van der Waals surface area contributed by atoms with E-state index < -0.39 is 5.97 Å². The summed E-state index contributed by atoms with van der Waals surface area (Å²) in [6.45, 7) is 3.76. The number of amides is 1. The smallest absolute Gasteiger partial charge is 0.303 e. The Hall–Kier alpha value is -2.98. The standard InChI is InChI=1S/C31H43N3O6S/c1-38-28-20-24(5-8-27(28)40-16-15-39-17-18-41)25(21-30(36)37)19-22-10-13-34(14-11-22)29(35)9-7-26-6-4-23-3-2-12-32-31(23)33-26/h4-6,8,20,22,25,41H,2-3,7,9-19,21H2,1H3,(H,32,33)(H,36,37). The van der Waals surface area contributed by atoms with Crippen LogP contribution in [0.2, 0.25) is 0 Å². The number of fused-ring (bicyclic) bond motifs is 1. The van der Waals surface area contributed by atoms with Crippen molar-refractivity contribution in [1.29, 1.82) is 0 Å². The number of anilines is 1. The lowest BCUT2D eigenvalue weighted by atomic mass is 9.82. The number of thiol groups is 1. The number of aromatic nitrogens is 1. The third-order valence-electron chi connectivity index (χ3n) is 7.93. The minimum Gasteiger partial charge on any atom is -0.493 e. The molecule has 1 aromatic heterocycles. The number of nitrogens with one attached hydrogen (secondary N) is 1. The minimum absolute atomic E-state index is 0.0444. The molecule has 9 nitrogen and oxygen atoms in total. The monoisotopic (exact) mass is 585 g/mol. The maximum Gasteiger partial charge on any atom is 0.303 e. The lowest BCUT2D eigenvalue weighted by molar-refractivity contribution is -0.137. The van der Waals surface area contributed by atoms with Crippen LogP contribution >= 0.6 is 12.6 Å². The highest BCUT2D eigenvalue weighted by Crippen LogP contribution is 2.37. The molecule has 1 fully saturated rings. The third-order valence-corrected chi connectivity index (χ3v) is 8.12. The fraction of sp³-hybridized carbons (Fsp3) is 0.581. The van der Waals surface area contributed by atoms with Gasteiger partial charge in [-0.3, -0.25) is 9.59 Å². The Morgan fingerprint density at radius 2 is 1.98 bits per heavy atom. The zero-order valence-electron chi connectivity index (χ0n) is 24.0. The van der Waals surface area contributed by atoms with Crippen LogP contribution in [-0.2, 0) is 27.2 Å². The van der Waals surface area contributed by atoms with Crippen molar-refractivity contribution >= 4 is 30.3 Å². The van der Waals surface area contributed by atoms with E-state index in [4.69, 9.17) is 19.2 Å². The maximum atomic E-state index is 13.0. The molecule has 3 heterocycles. The molecule has 0 spiro atoms. The van der Waals surface area contributed by atoms with Gasteiger partial charge in [0.25, 0.3) is 0 Å². The van der Waals surface area contributed by atoms with Gasteiger partial charge in [-0.25, -0.2) is 4.98 Å². The predicted molar refractivity (Wildman–Crippen MR) is 161 cm³/mol. The second kappa shape index (κ2) is 15.9. The van der Waals surface area contributed by atoms with Crippen molar-refractivity contribution in [3.05, 3.63) is 47.2 Å². The molecule has 1 atom stereocenters. The maximum absolute atomic E-state index is 13.0. The van der Waals surface area contributed by atoms with E-state index in [1.165, 1.54) is 5.56 Å². The lowest BCUT2D eigenvalue weighted by Crippen LogP contribution is -2.39. The highest BCUT2D eigenvalue weighted by Gasteiger charge is 2.27. The van der Waals surface area contributed by atoms with Gasteiger partial charge in [-0.1, -0.05) is 12.1 Å². The number of benzene rings is 1. The molecule has 0 radical (unpaired) electrons. The van der Waals surface area contributed by atoms with Gasteiger partial charge < -0.3 is 29.5 Å². The molecule has 2 aliphatic rings. The van der Waals surface area contributed by atoms with Crippen molar-refractivity contribution in [2.45, 2.75) is 57.3 Å². The molecule has 0 aliphatic carbocycles. The first-order chi connectivity index (χ1) is 20.0. The number of carboxylic acids is 1. The summed E-state index contributed by atoms with van der Waals surface area (Å²) < 4.78 is 16.8. The van der Waals surface area contributed by atoms with Crippen LogP contribution in [0.5, 0.6) is 11.5 Å². The van der Waals surface area contributed by atoms with Crippen LogP contribution in [0.3, 0.4) is 0 Å². The van der Waals surface area contributed by atoms with E-state index in [9.17, 15) is 14.7 Å². The summed E-state index contributed by atoms with van der Waals surface area (Å²) in [5.41, 5.74) is 3.13. The molecule has 4 rings (SSSR count). The molecule has 2 aliphatic heterocycles. The minimum atomic E-state index is -0.825.